The van der Waals surface area contributed by atoms with Crippen molar-refractivity contribution >= 4 is 5.91 Å². The maximum atomic E-state index is 12.9. The predicted octanol–water partition coefficient (Wildman–Crippen LogP) is 1.97. The number of hydrogen-bond acceptors (Lipinski definition) is 5. The fourth-order valence-electron chi connectivity index (χ4n) is 2.76. The Morgan fingerprint density at radius 1 is 1.21 bits per heavy atom. The molecule has 0 spiro atoms. The number of aromatic nitrogens is 2. The van der Waals surface area contributed by atoms with E-state index in [1.807, 2.05) is 4.90 Å². The molecule has 3 rings (SSSR count). The van der Waals surface area contributed by atoms with Gasteiger partial charge in [0.25, 0.3) is 0 Å². The van der Waals surface area contributed by atoms with Crippen molar-refractivity contribution in [1.82, 2.24) is 19.9 Å². The highest BCUT2D eigenvalue weighted by Crippen LogP contribution is 2.17. The number of nitrogens with zero attached hydrogens (tertiary/aromatic N) is 4. The van der Waals surface area contributed by atoms with E-state index in [2.05, 4.69) is 22.0 Å². The van der Waals surface area contributed by atoms with Gasteiger partial charge in [-0.1, -0.05) is 12.1 Å². The lowest BCUT2D eigenvalue weighted by molar-refractivity contribution is -0.132. The number of halogens is 1. The summed E-state index contributed by atoms with van der Waals surface area (Å²) < 4.78 is 18.1. The van der Waals surface area contributed by atoms with E-state index in [-0.39, 0.29) is 11.7 Å². The second-order valence-corrected chi connectivity index (χ2v) is 5.83. The standard InChI is InChI=1S/C17H21FN4O2/c1-2-21-9-11-22(12-10-21)16(23)8-7-15-19-17(20-24-15)13-3-5-14(18)6-4-13/h3-6H,2,7-12H2,1H3. The summed E-state index contributed by atoms with van der Waals surface area (Å²) in [6.45, 7) is 6.56. The van der Waals surface area contributed by atoms with E-state index < -0.39 is 0 Å². The number of hydrogen-bond donors (Lipinski definition) is 0. The zero-order valence-corrected chi connectivity index (χ0v) is 13.7. The number of rotatable bonds is 5. The maximum Gasteiger partial charge on any atom is 0.227 e. The van der Waals surface area contributed by atoms with E-state index in [1.165, 1.54) is 12.1 Å². The molecule has 2 heterocycles. The van der Waals surface area contributed by atoms with Crippen LogP contribution in [0.2, 0.25) is 0 Å². The van der Waals surface area contributed by atoms with Crippen LogP contribution in [0.3, 0.4) is 0 Å². The third kappa shape index (κ3) is 3.97. The molecule has 1 aromatic heterocycles. The first-order chi connectivity index (χ1) is 11.7. The normalized spacial score (nSPS) is 15.7. The Bertz CT molecular complexity index is 678. The van der Waals surface area contributed by atoms with Crippen molar-refractivity contribution in [2.75, 3.05) is 32.7 Å². The smallest absolute Gasteiger partial charge is 0.227 e. The van der Waals surface area contributed by atoms with Gasteiger partial charge < -0.3 is 14.3 Å². The highest BCUT2D eigenvalue weighted by molar-refractivity contribution is 5.76. The van der Waals surface area contributed by atoms with Gasteiger partial charge >= 0.3 is 0 Å². The highest BCUT2D eigenvalue weighted by Gasteiger charge is 2.20. The number of piperazine rings is 1. The number of carbonyl (C=O) groups is 1. The zero-order valence-electron chi connectivity index (χ0n) is 13.7. The van der Waals surface area contributed by atoms with E-state index in [4.69, 9.17) is 4.52 Å². The topological polar surface area (TPSA) is 62.5 Å². The van der Waals surface area contributed by atoms with Crippen molar-refractivity contribution in [2.24, 2.45) is 0 Å². The molecule has 1 aliphatic rings. The fraction of sp³-hybridized carbons (Fsp3) is 0.471. The van der Waals surface area contributed by atoms with Gasteiger partial charge in [0.15, 0.2) is 0 Å². The minimum atomic E-state index is -0.309. The molecule has 0 bridgehead atoms. The molecule has 7 heteroatoms. The molecule has 1 saturated heterocycles. The number of aryl methyl sites for hydroxylation is 1. The summed E-state index contributed by atoms with van der Waals surface area (Å²) in [5.41, 5.74) is 0.688. The second kappa shape index (κ2) is 7.53. The van der Waals surface area contributed by atoms with E-state index in [1.54, 1.807) is 12.1 Å². The van der Waals surface area contributed by atoms with Gasteiger partial charge in [0.1, 0.15) is 5.82 Å². The monoisotopic (exact) mass is 332 g/mol. The van der Waals surface area contributed by atoms with Gasteiger partial charge in [0.05, 0.1) is 0 Å². The Morgan fingerprint density at radius 2 is 1.92 bits per heavy atom. The molecule has 24 heavy (non-hydrogen) atoms. The van der Waals surface area contributed by atoms with Crippen molar-refractivity contribution < 1.29 is 13.7 Å². The first-order valence-corrected chi connectivity index (χ1v) is 8.24. The molecular formula is C17H21FN4O2. The summed E-state index contributed by atoms with van der Waals surface area (Å²) in [5.74, 6) is 0.646. The lowest BCUT2D eigenvalue weighted by atomic mass is 10.2. The van der Waals surface area contributed by atoms with Crippen LogP contribution in [-0.4, -0.2) is 58.6 Å². The summed E-state index contributed by atoms with van der Waals surface area (Å²) in [6.07, 6.45) is 0.776. The van der Waals surface area contributed by atoms with Crippen LogP contribution in [0.4, 0.5) is 4.39 Å². The van der Waals surface area contributed by atoms with Crippen LogP contribution in [0.25, 0.3) is 11.4 Å². The summed E-state index contributed by atoms with van der Waals surface area (Å²) in [7, 11) is 0. The highest BCUT2D eigenvalue weighted by atomic mass is 19.1. The van der Waals surface area contributed by atoms with E-state index >= 15 is 0 Å². The molecule has 0 unspecified atom stereocenters. The van der Waals surface area contributed by atoms with Gasteiger partial charge in [0.2, 0.25) is 17.6 Å². The van der Waals surface area contributed by atoms with Gasteiger partial charge in [-0.25, -0.2) is 4.39 Å². The molecule has 0 radical (unpaired) electrons. The lowest BCUT2D eigenvalue weighted by Crippen LogP contribution is -2.48. The Morgan fingerprint density at radius 3 is 2.58 bits per heavy atom. The number of benzene rings is 1. The van der Waals surface area contributed by atoms with Gasteiger partial charge in [-0.15, -0.1) is 0 Å². The summed E-state index contributed by atoms with van der Waals surface area (Å²) in [5, 5.41) is 3.89. The van der Waals surface area contributed by atoms with E-state index in [0.29, 0.717) is 30.1 Å². The van der Waals surface area contributed by atoms with Gasteiger partial charge in [0, 0.05) is 44.6 Å². The van der Waals surface area contributed by atoms with Gasteiger partial charge in [-0.05, 0) is 30.8 Å². The van der Waals surface area contributed by atoms with Gasteiger partial charge in [-0.2, -0.15) is 4.98 Å². The minimum absolute atomic E-state index is 0.118. The van der Waals surface area contributed by atoms with Crippen molar-refractivity contribution in [3.63, 3.8) is 0 Å². The van der Waals surface area contributed by atoms with Crippen molar-refractivity contribution in [3.8, 4) is 11.4 Å². The molecular weight excluding hydrogens is 311 g/mol. The molecule has 1 fully saturated rings. The quantitative estimate of drug-likeness (QED) is 0.838. The molecule has 2 aromatic rings. The van der Waals surface area contributed by atoms with Crippen LogP contribution in [0, 0.1) is 5.82 Å². The van der Waals surface area contributed by atoms with Gasteiger partial charge in [-0.3, -0.25) is 4.79 Å². The summed E-state index contributed by atoms with van der Waals surface area (Å²) in [4.78, 5) is 20.8. The largest absolute Gasteiger partial charge is 0.340 e. The molecule has 1 aromatic carbocycles. The molecule has 1 aliphatic heterocycles. The van der Waals surface area contributed by atoms with E-state index in [9.17, 15) is 9.18 Å². The van der Waals surface area contributed by atoms with Crippen LogP contribution >= 0.6 is 0 Å². The van der Waals surface area contributed by atoms with Crippen LogP contribution in [0.15, 0.2) is 28.8 Å². The Labute approximate surface area is 140 Å². The third-order valence-corrected chi connectivity index (χ3v) is 4.30. The molecule has 0 N–H and O–H groups in total. The summed E-state index contributed by atoms with van der Waals surface area (Å²) >= 11 is 0. The summed E-state index contributed by atoms with van der Waals surface area (Å²) in [6, 6.07) is 5.90. The maximum absolute atomic E-state index is 12.9. The van der Waals surface area contributed by atoms with Crippen LogP contribution in [0.1, 0.15) is 19.2 Å². The molecule has 128 valence electrons. The first kappa shape index (κ1) is 16.6. The van der Waals surface area contributed by atoms with Crippen LogP contribution in [0.5, 0.6) is 0 Å². The zero-order chi connectivity index (χ0) is 16.9. The lowest BCUT2D eigenvalue weighted by Gasteiger charge is -2.34. The Balaban J connectivity index is 1.52. The average Bonchev–Trinajstić information content (AvgIpc) is 3.09. The minimum Gasteiger partial charge on any atom is -0.340 e. The molecule has 0 atom stereocenters. The molecule has 6 nitrogen and oxygen atoms in total. The third-order valence-electron chi connectivity index (χ3n) is 4.30. The Hall–Kier alpha value is -2.28. The fourth-order valence-corrected chi connectivity index (χ4v) is 2.76. The Kier molecular flexibility index (Phi) is 5.20. The van der Waals surface area contributed by atoms with Crippen molar-refractivity contribution in [2.45, 2.75) is 19.8 Å². The first-order valence-electron chi connectivity index (χ1n) is 8.24. The second-order valence-electron chi connectivity index (χ2n) is 5.83. The molecule has 1 amide bonds. The van der Waals surface area contributed by atoms with Crippen LogP contribution < -0.4 is 0 Å². The van der Waals surface area contributed by atoms with Crippen LogP contribution in [-0.2, 0) is 11.2 Å². The number of carbonyl (C=O) groups excluding carboxylic acids is 1. The number of likely N-dealkylation sites (N-methyl/N-ethyl adjacent to an activating group) is 1. The predicted molar refractivity (Wildman–Crippen MR) is 86.7 cm³/mol. The van der Waals surface area contributed by atoms with Crippen molar-refractivity contribution in [3.05, 3.63) is 36.0 Å². The SMILES string of the molecule is CCN1CCN(C(=O)CCc2nc(-c3ccc(F)cc3)no2)CC1. The molecule has 0 saturated carbocycles. The van der Waals surface area contributed by atoms with Crippen molar-refractivity contribution in [1.29, 1.82) is 0 Å². The van der Waals surface area contributed by atoms with E-state index in [0.717, 1.165) is 32.7 Å². The molecule has 0 aliphatic carbocycles. The number of amides is 1. The average molecular weight is 332 g/mol.